The van der Waals surface area contributed by atoms with Crippen LogP contribution in [0.4, 0.5) is 0 Å². The largest absolute Gasteiger partial charge is 0.351 e. The first-order valence-electron chi connectivity index (χ1n) is 8.74. The molecule has 3 aromatic rings. The van der Waals surface area contributed by atoms with Crippen molar-refractivity contribution in [1.82, 2.24) is 19.7 Å². The Hall–Kier alpha value is -2.68. The number of nitrogens with one attached hydrogen (secondary N) is 1. The van der Waals surface area contributed by atoms with Crippen molar-refractivity contribution in [3.63, 3.8) is 0 Å². The molecule has 3 heterocycles. The first-order chi connectivity index (χ1) is 12.8. The lowest BCUT2D eigenvalue weighted by molar-refractivity contribution is -0.124. The van der Waals surface area contributed by atoms with Gasteiger partial charge in [-0.1, -0.05) is 18.2 Å². The van der Waals surface area contributed by atoms with Gasteiger partial charge in [0.1, 0.15) is 11.6 Å². The zero-order valence-corrected chi connectivity index (χ0v) is 15.9. The van der Waals surface area contributed by atoms with Crippen LogP contribution in [0.2, 0.25) is 0 Å². The number of rotatable bonds is 3. The number of benzene rings is 1. The molecule has 0 bridgehead atoms. The predicted octanol–water partition coefficient (Wildman–Crippen LogP) is 0.752. The number of nitrogens with zero attached hydrogens (tertiary/aromatic N) is 3. The first-order valence-corrected chi connectivity index (χ1v) is 10.6. The highest BCUT2D eigenvalue weighted by molar-refractivity contribution is 7.91. The molecule has 0 aliphatic carbocycles. The molecule has 0 spiro atoms. The van der Waals surface area contributed by atoms with Gasteiger partial charge >= 0.3 is 0 Å². The minimum Gasteiger partial charge on any atom is -0.351 e. The van der Waals surface area contributed by atoms with E-state index in [-0.39, 0.29) is 29.0 Å². The summed E-state index contributed by atoms with van der Waals surface area (Å²) < 4.78 is 26.2. The second-order valence-corrected chi connectivity index (χ2v) is 9.24. The number of aromatic nitrogens is 3. The van der Waals surface area contributed by atoms with Gasteiger partial charge in [0.2, 0.25) is 5.91 Å². The number of hydrogen-bond acceptors (Lipinski definition) is 5. The molecule has 1 amide bonds. The van der Waals surface area contributed by atoms with Gasteiger partial charge < -0.3 is 9.88 Å². The van der Waals surface area contributed by atoms with E-state index in [0.717, 1.165) is 10.9 Å². The Morgan fingerprint density at radius 2 is 2.04 bits per heavy atom. The van der Waals surface area contributed by atoms with Gasteiger partial charge in [-0.3, -0.25) is 9.59 Å². The van der Waals surface area contributed by atoms with Crippen molar-refractivity contribution in [2.75, 3.05) is 11.5 Å². The summed E-state index contributed by atoms with van der Waals surface area (Å²) in [6.07, 6.45) is 2.05. The zero-order chi connectivity index (χ0) is 19.3. The molecule has 9 heteroatoms. The van der Waals surface area contributed by atoms with Crippen LogP contribution in [0.25, 0.3) is 21.8 Å². The maximum atomic E-state index is 12.8. The lowest BCUT2D eigenvalue weighted by Gasteiger charge is -2.19. The Balaban J connectivity index is 1.81. The van der Waals surface area contributed by atoms with E-state index in [1.54, 1.807) is 24.7 Å². The standard InChI is InChI=1S/C18H20N4O4S/c1-11(17(23)20-12-7-8-27(25,26)10-12)22-15-6-4-3-5-13(15)14-9-19-21(2)18(24)16(14)22/h3-6,9,11-12H,7-8,10H2,1-2H3,(H,20,23)/t11-,12-/m0/s1. The Morgan fingerprint density at radius 1 is 1.30 bits per heavy atom. The summed E-state index contributed by atoms with van der Waals surface area (Å²) in [5.74, 6) is -0.253. The summed E-state index contributed by atoms with van der Waals surface area (Å²) in [5, 5.41) is 8.46. The van der Waals surface area contributed by atoms with Gasteiger partial charge in [-0.2, -0.15) is 5.10 Å². The van der Waals surface area contributed by atoms with Crippen LogP contribution in [0, 0.1) is 0 Å². The molecule has 142 valence electrons. The van der Waals surface area contributed by atoms with E-state index in [1.807, 2.05) is 24.3 Å². The van der Waals surface area contributed by atoms with E-state index in [2.05, 4.69) is 10.4 Å². The normalized spacial score (nSPS) is 20.1. The lowest BCUT2D eigenvalue weighted by atomic mass is 10.2. The quantitative estimate of drug-likeness (QED) is 0.713. The maximum absolute atomic E-state index is 12.8. The Kier molecular flexibility index (Phi) is 4.06. The molecule has 0 unspecified atom stereocenters. The number of fused-ring (bicyclic) bond motifs is 3. The van der Waals surface area contributed by atoms with E-state index in [4.69, 9.17) is 0 Å². The zero-order valence-electron chi connectivity index (χ0n) is 15.0. The van der Waals surface area contributed by atoms with Crippen molar-refractivity contribution in [3.05, 3.63) is 40.8 Å². The molecular formula is C18H20N4O4S. The average Bonchev–Trinajstić information content (AvgIpc) is 3.14. The number of sulfone groups is 1. The van der Waals surface area contributed by atoms with Gasteiger partial charge in [0.25, 0.3) is 5.56 Å². The summed E-state index contributed by atoms with van der Waals surface area (Å²) in [7, 11) is -1.52. The number of carbonyl (C=O) groups is 1. The summed E-state index contributed by atoms with van der Waals surface area (Å²) in [5.41, 5.74) is 0.890. The second-order valence-electron chi connectivity index (χ2n) is 7.01. The van der Waals surface area contributed by atoms with Crippen molar-refractivity contribution < 1.29 is 13.2 Å². The molecule has 8 nitrogen and oxygen atoms in total. The van der Waals surface area contributed by atoms with Crippen LogP contribution in [0.15, 0.2) is 35.3 Å². The van der Waals surface area contributed by atoms with Crippen molar-refractivity contribution in [1.29, 1.82) is 0 Å². The third kappa shape index (κ3) is 2.91. The predicted molar refractivity (Wildman–Crippen MR) is 102 cm³/mol. The smallest absolute Gasteiger partial charge is 0.291 e. The van der Waals surface area contributed by atoms with E-state index in [1.165, 1.54) is 4.68 Å². The molecular weight excluding hydrogens is 368 g/mol. The molecule has 2 aromatic heterocycles. The molecule has 1 saturated heterocycles. The van der Waals surface area contributed by atoms with Crippen molar-refractivity contribution in [2.45, 2.75) is 25.4 Å². The fourth-order valence-electron chi connectivity index (χ4n) is 3.74. The van der Waals surface area contributed by atoms with Crippen molar-refractivity contribution in [3.8, 4) is 0 Å². The lowest BCUT2D eigenvalue weighted by Crippen LogP contribution is -2.40. The van der Waals surface area contributed by atoms with Gasteiger partial charge in [0, 0.05) is 23.9 Å². The van der Waals surface area contributed by atoms with Crippen LogP contribution in [0.3, 0.4) is 0 Å². The molecule has 1 aromatic carbocycles. The minimum atomic E-state index is -3.09. The monoisotopic (exact) mass is 388 g/mol. The Morgan fingerprint density at radius 3 is 2.74 bits per heavy atom. The van der Waals surface area contributed by atoms with Gasteiger partial charge in [0.15, 0.2) is 9.84 Å². The number of hydrogen-bond donors (Lipinski definition) is 1. The number of aryl methyl sites for hydroxylation is 1. The van der Waals surface area contributed by atoms with Crippen molar-refractivity contribution in [2.24, 2.45) is 7.05 Å². The van der Waals surface area contributed by atoms with Gasteiger partial charge in [0.05, 0.1) is 23.2 Å². The summed E-state index contributed by atoms with van der Waals surface area (Å²) in [6.45, 7) is 1.71. The van der Waals surface area contributed by atoms with E-state index in [9.17, 15) is 18.0 Å². The Labute approximate surface area is 155 Å². The second kappa shape index (κ2) is 6.19. The van der Waals surface area contributed by atoms with E-state index in [0.29, 0.717) is 17.3 Å². The van der Waals surface area contributed by atoms with Crippen LogP contribution in [0.5, 0.6) is 0 Å². The fraction of sp³-hybridized carbons (Fsp3) is 0.389. The molecule has 0 radical (unpaired) electrons. The average molecular weight is 388 g/mol. The highest BCUT2D eigenvalue weighted by Gasteiger charge is 2.31. The fourth-order valence-corrected chi connectivity index (χ4v) is 5.41. The van der Waals surface area contributed by atoms with Crippen LogP contribution in [-0.4, -0.2) is 46.2 Å². The Bertz CT molecular complexity index is 1230. The van der Waals surface area contributed by atoms with Gasteiger partial charge in [-0.05, 0) is 19.4 Å². The van der Waals surface area contributed by atoms with Gasteiger partial charge in [-0.25, -0.2) is 13.1 Å². The molecule has 27 heavy (non-hydrogen) atoms. The molecule has 0 saturated carbocycles. The minimum absolute atomic E-state index is 0.0374. The summed E-state index contributed by atoms with van der Waals surface area (Å²) >= 11 is 0. The van der Waals surface area contributed by atoms with Crippen LogP contribution in [0.1, 0.15) is 19.4 Å². The third-order valence-electron chi connectivity index (χ3n) is 5.15. The molecule has 1 aliphatic rings. The highest BCUT2D eigenvalue weighted by Crippen LogP contribution is 2.29. The molecule has 1 aliphatic heterocycles. The summed E-state index contributed by atoms with van der Waals surface area (Å²) in [4.78, 5) is 25.6. The highest BCUT2D eigenvalue weighted by atomic mass is 32.2. The first kappa shape index (κ1) is 17.7. The number of carbonyl (C=O) groups excluding carboxylic acids is 1. The molecule has 2 atom stereocenters. The summed E-state index contributed by atoms with van der Waals surface area (Å²) in [6, 6.07) is 6.41. The number of amides is 1. The number of para-hydroxylation sites is 1. The van der Waals surface area contributed by atoms with Gasteiger partial charge in [-0.15, -0.1) is 0 Å². The SMILES string of the molecule is C[C@@H](C(=O)N[C@H]1CCS(=O)(=O)C1)n1c2ccccc2c2cnn(C)c(=O)c21. The molecule has 1 fully saturated rings. The van der Waals surface area contributed by atoms with Crippen LogP contribution in [-0.2, 0) is 21.7 Å². The molecule has 1 N–H and O–H groups in total. The maximum Gasteiger partial charge on any atom is 0.291 e. The van der Waals surface area contributed by atoms with Crippen LogP contribution >= 0.6 is 0 Å². The van der Waals surface area contributed by atoms with Crippen molar-refractivity contribution >= 4 is 37.6 Å². The van der Waals surface area contributed by atoms with Crippen LogP contribution < -0.4 is 10.9 Å². The van der Waals surface area contributed by atoms with E-state index >= 15 is 0 Å². The topological polar surface area (TPSA) is 103 Å². The van der Waals surface area contributed by atoms with E-state index < -0.39 is 15.9 Å². The third-order valence-corrected chi connectivity index (χ3v) is 6.92. The molecule has 4 rings (SSSR count).